The lowest BCUT2D eigenvalue weighted by molar-refractivity contribution is -0.389. The zero-order valence-electron chi connectivity index (χ0n) is 15.1. The number of imidazole rings is 1. The molecule has 1 aliphatic rings. The first-order chi connectivity index (χ1) is 13.1. The van der Waals surface area contributed by atoms with Gasteiger partial charge in [-0.3, -0.25) is 19.0 Å². The van der Waals surface area contributed by atoms with Crippen molar-refractivity contribution in [1.82, 2.24) is 9.55 Å². The van der Waals surface area contributed by atoms with Crippen molar-refractivity contribution in [2.75, 3.05) is 6.61 Å². The van der Waals surface area contributed by atoms with E-state index in [1.54, 1.807) is 6.07 Å². The van der Waals surface area contributed by atoms with E-state index in [1.165, 1.54) is 0 Å². The summed E-state index contributed by atoms with van der Waals surface area (Å²) in [7, 11) is 0. The molecular formula is C15H16N4O9. The van der Waals surface area contributed by atoms with Crippen LogP contribution in [0, 0.1) is 21.4 Å². The SMILES string of the molecule is CC(=O)OC[C@H]1O[C@@H](n2cnc([N+](=O)[O-])c2C#N)[C@@H](OC(C)=O)[C@H]1OC(C)=O. The molecule has 0 unspecified atom stereocenters. The average Bonchev–Trinajstić information content (AvgIpc) is 3.14. The van der Waals surface area contributed by atoms with Crippen molar-refractivity contribution in [3.63, 3.8) is 0 Å². The number of nitro groups is 1. The van der Waals surface area contributed by atoms with Crippen LogP contribution in [0.4, 0.5) is 5.82 Å². The first-order valence-electron chi connectivity index (χ1n) is 7.90. The Morgan fingerprint density at radius 1 is 1.25 bits per heavy atom. The summed E-state index contributed by atoms with van der Waals surface area (Å²) in [4.78, 5) is 47.9. The first-order valence-corrected chi connectivity index (χ1v) is 7.90. The number of aromatic nitrogens is 2. The number of nitrogens with zero attached hydrogens (tertiary/aromatic N) is 4. The fourth-order valence-electron chi connectivity index (χ4n) is 2.70. The summed E-state index contributed by atoms with van der Waals surface area (Å²) in [5, 5.41) is 20.3. The lowest BCUT2D eigenvalue weighted by atomic mass is 10.1. The number of nitriles is 1. The minimum absolute atomic E-state index is 0.347. The normalized spacial score (nSPS) is 23.5. The molecule has 0 N–H and O–H groups in total. The van der Waals surface area contributed by atoms with Crippen molar-refractivity contribution >= 4 is 23.7 Å². The van der Waals surface area contributed by atoms with E-state index in [1.807, 2.05) is 0 Å². The fourth-order valence-corrected chi connectivity index (χ4v) is 2.70. The standard InChI is InChI=1S/C15H16N4O9/c1-7(20)25-5-11-12(26-8(2)21)13(27-9(3)22)15(28-11)18-6-17-14(19(23)24)10(18)4-16/h6,11-13,15H,5H2,1-3H3/t11-,12+,13+,15-/m1/s1. The Balaban J connectivity index is 2.47. The topological polar surface area (TPSA) is 173 Å². The van der Waals surface area contributed by atoms with Crippen LogP contribution in [0.3, 0.4) is 0 Å². The third kappa shape index (κ3) is 4.41. The Bertz CT molecular complexity index is 843. The third-order valence-electron chi connectivity index (χ3n) is 3.67. The second-order valence-corrected chi connectivity index (χ2v) is 5.71. The predicted molar refractivity (Wildman–Crippen MR) is 85.2 cm³/mol. The van der Waals surface area contributed by atoms with E-state index < -0.39 is 58.9 Å². The van der Waals surface area contributed by atoms with Gasteiger partial charge in [-0.15, -0.1) is 0 Å². The van der Waals surface area contributed by atoms with E-state index in [-0.39, 0.29) is 6.61 Å². The summed E-state index contributed by atoms with van der Waals surface area (Å²) < 4.78 is 21.9. The van der Waals surface area contributed by atoms with Gasteiger partial charge >= 0.3 is 23.7 Å². The molecule has 1 aromatic rings. The van der Waals surface area contributed by atoms with Crippen molar-refractivity contribution in [2.24, 2.45) is 0 Å². The zero-order valence-corrected chi connectivity index (χ0v) is 15.1. The summed E-state index contributed by atoms with van der Waals surface area (Å²) >= 11 is 0. The van der Waals surface area contributed by atoms with Gasteiger partial charge in [-0.1, -0.05) is 0 Å². The van der Waals surface area contributed by atoms with E-state index in [4.69, 9.17) is 18.9 Å². The van der Waals surface area contributed by atoms with Gasteiger partial charge in [0, 0.05) is 20.8 Å². The number of carbonyl (C=O) groups excluding carboxylic acids is 3. The number of rotatable bonds is 6. The maximum Gasteiger partial charge on any atom is 0.400 e. The van der Waals surface area contributed by atoms with Gasteiger partial charge in [0.1, 0.15) is 18.8 Å². The highest BCUT2D eigenvalue weighted by atomic mass is 16.7. The summed E-state index contributed by atoms with van der Waals surface area (Å²) in [5.41, 5.74) is -0.457. The number of esters is 3. The molecule has 0 saturated carbocycles. The van der Waals surface area contributed by atoms with E-state index in [9.17, 15) is 29.8 Å². The minimum Gasteiger partial charge on any atom is -0.463 e. The molecule has 0 amide bonds. The van der Waals surface area contributed by atoms with Gasteiger partial charge in [0.2, 0.25) is 12.0 Å². The van der Waals surface area contributed by atoms with E-state index in [2.05, 4.69) is 4.98 Å². The number of hydrogen-bond donors (Lipinski definition) is 0. The molecule has 2 rings (SSSR count). The van der Waals surface area contributed by atoms with Gasteiger partial charge in [0.15, 0.2) is 18.4 Å². The number of carbonyl (C=O) groups is 3. The highest BCUT2D eigenvalue weighted by Crippen LogP contribution is 2.36. The summed E-state index contributed by atoms with van der Waals surface area (Å²) in [6.45, 7) is 3.02. The van der Waals surface area contributed by atoms with Crippen LogP contribution >= 0.6 is 0 Å². The van der Waals surface area contributed by atoms with Crippen LogP contribution in [0.1, 0.15) is 32.7 Å². The maximum atomic E-state index is 11.5. The Kier molecular flexibility index (Phi) is 6.26. The van der Waals surface area contributed by atoms with Crippen LogP contribution in [0.2, 0.25) is 0 Å². The molecule has 1 fully saturated rings. The largest absolute Gasteiger partial charge is 0.463 e. The molecule has 1 saturated heterocycles. The Labute approximate surface area is 157 Å². The van der Waals surface area contributed by atoms with Crippen LogP contribution < -0.4 is 0 Å². The Hall–Kier alpha value is -3.53. The Morgan fingerprint density at radius 3 is 2.36 bits per heavy atom. The van der Waals surface area contributed by atoms with Gasteiger partial charge < -0.3 is 29.1 Å². The number of ether oxygens (including phenoxy) is 4. The van der Waals surface area contributed by atoms with Gasteiger partial charge in [0.25, 0.3) is 0 Å². The molecule has 1 aliphatic heterocycles. The van der Waals surface area contributed by atoms with Crippen molar-refractivity contribution in [2.45, 2.75) is 45.3 Å². The van der Waals surface area contributed by atoms with Gasteiger partial charge in [-0.05, 0) is 9.91 Å². The quantitative estimate of drug-likeness (QED) is 0.274. The van der Waals surface area contributed by atoms with Crippen molar-refractivity contribution in [3.8, 4) is 6.07 Å². The molecule has 0 spiro atoms. The van der Waals surface area contributed by atoms with Crippen LogP contribution in [0.25, 0.3) is 0 Å². The van der Waals surface area contributed by atoms with Crippen molar-refractivity contribution in [3.05, 3.63) is 22.1 Å². The highest BCUT2D eigenvalue weighted by Gasteiger charge is 2.51. The zero-order chi connectivity index (χ0) is 21.0. The van der Waals surface area contributed by atoms with Crippen LogP contribution in [0.15, 0.2) is 6.33 Å². The molecule has 0 aliphatic carbocycles. The molecule has 13 nitrogen and oxygen atoms in total. The van der Waals surface area contributed by atoms with Gasteiger partial charge in [0.05, 0.1) is 0 Å². The fraction of sp³-hybridized carbons (Fsp3) is 0.533. The van der Waals surface area contributed by atoms with Crippen molar-refractivity contribution < 1.29 is 38.3 Å². The minimum atomic E-state index is -1.29. The lowest BCUT2D eigenvalue weighted by Gasteiger charge is -2.23. The monoisotopic (exact) mass is 396 g/mol. The molecule has 0 aromatic carbocycles. The molecule has 4 atom stereocenters. The molecule has 150 valence electrons. The molecule has 2 heterocycles. The molecule has 28 heavy (non-hydrogen) atoms. The van der Waals surface area contributed by atoms with Gasteiger partial charge in [-0.2, -0.15) is 5.26 Å². The molecule has 0 bridgehead atoms. The Morgan fingerprint density at radius 2 is 1.86 bits per heavy atom. The first kappa shape index (κ1) is 20.8. The van der Waals surface area contributed by atoms with Crippen LogP contribution in [0.5, 0.6) is 0 Å². The van der Waals surface area contributed by atoms with E-state index in [0.717, 1.165) is 31.7 Å². The van der Waals surface area contributed by atoms with E-state index in [0.29, 0.717) is 0 Å². The molecular weight excluding hydrogens is 380 g/mol. The summed E-state index contributed by atoms with van der Waals surface area (Å²) in [5.74, 6) is -2.83. The second-order valence-electron chi connectivity index (χ2n) is 5.71. The maximum absolute atomic E-state index is 11.5. The third-order valence-corrected chi connectivity index (χ3v) is 3.67. The predicted octanol–water partition coefficient (Wildman–Crippen LogP) is -0.0131. The van der Waals surface area contributed by atoms with Gasteiger partial charge in [-0.25, -0.2) is 0 Å². The summed E-state index contributed by atoms with van der Waals surface area (Å²) in [6.07, 6.45) is -3.85. The van der Waals surface area contributed by atoms with Crippen LogP contribution in [-0.2, 0) is 33.3 Å². The summed E-state index contributed by atoms with van der Waals surface area (Å²) in [6, 6.07) is 1.64. The van der Waals surface area contributed by atoms with E-state index >= 15 is 0 Å². The molecule has 1 aromatic heterocycles. The lowest BCUT2D eigenvalue weighted by Crippen LogP contribution is -2.40. The molecule has 0 radical (unpaired) electrons. The average molecular weight is 396 g/mol. The second kappa shape index (κ2) is 8.44. The van der Waals surface area contributed by atoms with Crippen molar-refractivity contribution in [1.29, 1.82) is 5.26 Å². The highest BCUT2D eigenvalue weighted by molar-refractivity contribution is 5.68. The van der Waals surface area contributed by atoms with Crippen LogP contribution in [-0.4, -0.2) is 57.3 Å². The number of hydrogen-bond acceptors (Lipinski definition) is 11. The molecule has 13 heteroatoms. The smallest absolute Gasteiger partial charge is 0.400 e.